The summed E-state index contributed by atoms with van der Waals surface area (Å²) in [6.07, 6.45) is 7.97. The Morgan fingerprint density at radius 1 is 1.05 bits per heavy atom. The zero-order valence-electron chi connectivity index (χ0n) is 26.5. The molecule has 1 atom stereocenters. The second-order valence-electron chi connectivity index (χ2n) is 11.9. The molecule has 0 bridgehead atoms. The van der Waals surface area contributed by atoms with Crippen molar-refractivity contribution >= 4 is 22.9 Å². The quantitative estimate of drug-likeness (QED) is 0.141. The Morgan fingerprint density at radius 3 is 2.37 bits per heavy atom. The van der Waals surface area contributed by atoms with Gasteiger partial charge in [0.05, 0.1) is 5.41 Å². The molecule has 0 amide bonds. The van der Waals surface area contributed by atoms with E-state index in [1.165, 1.54) is 5.56 Å². The zero-order chi connectivity index (χ0) is 31.4. The fourth-order valence-corrected chi connectivity index (χ4v) is 5.28. The minimum atomic E-state index is -0.809. The van der Waals surface area contributed by atoms with Crippen LogP contribution in [0, 0.1) is 30.1 Å². The monoisotopic (exact) mass is 586 g/mol. The van der Waals surface area contributed by atoms with Gasteiger partial charge in [-0.3, -0.25) is 4.79 Å². The summed E-state index contributed by atoms with van der Waals surface area (Å²) in [6.45, 7) is 10.2. The molecule has 1 saturated heterocycles. The van der Waals surface area contributed by atoms with Gasteiger partial charge in [0.25, 0.3) is 0 Å². The molecule has 0 radical (unpaired) electrons. The first kappa shape index (κ1) is 33.7. The number of benzene rings is 2. The Kier molecular flexibility index (Phi) is 12.6. The van der Waals surface area contributed by atoms with Crippen LogP contribution in [0.1, 0.15) is 88.7 Å². The van der Waals surface area contributed by atoms with Gasteiger partial charge in [-0.15, -0.1) is 0 Å². The van der Waals surface area contributed by atoms with E-state index < -0.39 is 11.5 Å². The summed E-state index contributed by atoms with van der Waals surface area (Å²) in [5.41, 5.74) is 3.72. The summed E-state index contributed by atoms with van der Waals surface area (Å²) in [4.78, 5) is 25.4. The Hall–Kier alpha value is -3.82. The molecule has 0 aliphatic carbocycles. The van der Waals surface area contributed by atoms with E-state index in [1.54, 1.807) is 0 Å². The number of aliphatic hydroxyl groups is 1. The number of aliphatic hydroxyl groups excluding tert-OH is 1. The van der Waals surface area contributed by atoms with Gasteiger partial charge in [-0.25, -0.2) is 4.79 Å². The van der Waals surface area contributed by atoms with Gasteiger partial charge in [0.1, 0.15) is 24.1 Å². The molecule has 2 aromatic carbocycles. The zero-order valence-corrected chi connectivity index (χ0v) is 26.5. The number of carbonyl (C=O) groups is 2. The number of hydrogen-bond donors (Lipinski definition) is 1. The number of carbonyl (C=O) groups excluding carboxylic acids is 2. The van der Waals surface area contributed by atoms with Crippen molar-refractivity contribution in [2.45, 2.75) is 85.7 Å². The van der Waals surface area contributed by atoms with Gasteiger partial charge >= 0.3 is 11.9 Å². The molecule has 1 aliphatic heterocycles. The SMILES string of the molecule is CCCC(C/C=C1\CC(COC(=O)C(C)(C)Cc2cc3cc(C#Cc4ccc(C)cc4)ccc3o2)OC1=O)CCC.CO. The number of hydrogen-bond acceptors (Lipinski definition) is 6. The Morgan fingerprint density at radius 2 is 1.70 bits per heavy atom. The number of aryl methyl sites for hydroxylation is 1. The number of furan rings is 1. The third-order valence-corrected chi connectivity index (χ3v) is 7.61. The summed E-state index contributed by atoms with van der Waals surface area (Å²) >= 11 is 0. The van der Waals surface area contributed by atoms with Crippen LogP contribution in [0.4, 0.5) is 0 Å². The largest absolute Gasteiger partial charge is 0.461 e. The number of fused-ring (bicyclic) bond motifs is 1. The number of ether oxygens (including phenoxy) is 2. The minimum absolute atomic E-state index is 0.0574. The highest BCUT2D eigenvalue weighted by Crippen LogP contribution is 2.30. The molecule has 1 aromatic heterocycles. The highest BCUT2D eigenvalue weighted by atomic mass is 16.6. The number of esters is 2. The molecule has 6 heteroatoms. The van der Waals surface area contributed by atoms with E-state index >= 15 is 0 Å². The third kappa shape index (κ3) is 9.86. The molecule has 1 N–H and O–H groups in total. The van der Waals surface area contributed by atoms with Gasteiger partial charge in [-0.2, -0.15) is 0 Å². The topological polar surface area (TPSA) is 86.0 Å². The van der Waals surface area contributed by atoms with Crippen LogP contribution < -0.4 is 0 Å². The van der Waals surface area contributed by atoms with Crippen LogP contribution in [-0.4, -0.2) is 36.9 Å². The van der Waals surface area contributed by atoms with Crippen LogP contribution in [0.2, 0.25) is 0 Å². The van der Waals surface area contributed by atoms with E-state index in [0.29, 0.717) is 30.1 Å². The average molecular weight is 587 g/mol. The van der Waals surface area contributed by atoms with Gasteiger partial charge in [0.15, 0.2) is 0 Å². The van der Waals surface area contributed by atoms with Crippen LogP contribution in [0.3, 0.4) is 0 Å². The molecule has 0 spiro atoms. The van der Waals surface area contributed by atoms with Crippen molar-refractivity contribution in [2.24, 2.45) is 11.3 Å². The van der Waals surface area contributed by atoms with E-state index in [-0.39, 0.29) is 18.5 Å². The number of cyclic esters (lactones) is 1. The fraction of sp³-hybridized carbons (Fsp3) is 0.459. The van der Waals surface area contributed by atoms with E-state index in [2.05, 4.69) is 44.7 Å². The second kappa shape index (κ2) is 16.1. The van der Waals surface area contributed by atoms with Gasteiger partial charge < -0.3 is 19.0 Å². The van der Waals surface area contributed by atoms with Gasteiger partial charge in [0, 0.05) is 42.0 Å². The molecular formula is C37H46O6. The lowest BCUT2D eigenvalue weighted by molar-refractivity contribution is -0.160. The molecule has 230 valence electrons. The maximum absolute atomic E-state index is 13.0. The molecule has 1 unspecified atom stereocenters. The van der Waals surface area contributed by atoms with Gasteiger partial charge in [-0.1, -0.05) is 75.1 Å². The Bertz CT molecular complexity index is 1440. The molecule has 6 nitrogen and oxygen atoms in total. The van der Waals surface area contributed by atoms with E-state index in [9.17, 15) is 9.59 Å². The summed E-state index contributed by atoms with van der Waals surface area (Å²) in [5, 5.41) is 7.94. The molecular weight excluding hydrogens is 540 g/mol. The molecule has 4 rings (SSSR count). The molecule has 2 heterocycles. The predicted molar refractivity (Wildman–Crippen MR) is 170 cm³/mol. The van der Waals surface area contributed by atoms with Crippen molar-refractivity contribution in [2.75, 3.05) is 13.7 Å². The predicted octanol–water partition coefficient (Wildman–Crippen LogP) is 7.71. The number of rotatable bonds is 11. The maximum atomic E-state index is 13.0. The first-order valence-corrected chi connectivity index (χ1v) is 15.3. The summed E-state index contributed by atoms with van der Waals surface area (Å²) in [7, 11) is 1.00. The lowest BCUT2D eigenvalue weighted by Gasteiger charge is -2.22. The lowest BCUT2D eigenvalue weighted by Crippen LogP contribution is -2.31. The fourth-order valence-electron chi connectivity index (χ4n) is 5.28. The van der Waals surface area contributed by atoms with Crippen LogP contribution in [0.5, 0.6) is 0 Å². The Labute approximate surface area is 256 Å². The van der Waals surface area contributed by atoms with Crippen molar-refractivity contribution < 1.29 is 28.6 Å². The molecule has 43 heavy (non-hydrogen) atoms. The smallest absolute Gasteiger partial charge is 0.334 e. The number of allylic oxidation sites excluding steroid dienone is 1. The van der Waals surface area contributed by atoms with Crippen LogP contribution >= 0.6 is 0 Å². The average Bonchev–Trinajstić information content (AvgIpc) is 3.56. The first-order chi connectivity index (χ1) is 20.7. The van der Waals surface area contributed by atoms with E-state index in [1.807, 2.05) is 56.3 Å². The van der Waals surface area contributed by atoms with Gasteiger partial charge in [0.2, 0.25) is 0 Å². The highest BCUT2D eigenvalue weighted by Gasteiger charge is 2.34. The van der Waals surface area contributed by atoms with Crippen molar-refractivity contribution in [3.05, 3.63) is 82.6 Å². The van der Waals surface area contributed by atoms with E-state index in [4.69, 9.17) is 19.0 Å². The van der Waals surface area contributed by atoms with Crippen LogP contribution in [0.25, 0.3) is 11.0 Å². The standard InChI is InChI=1S/C36H42O5.CH4O/c1-6-8-26(9-7-2)16-18-29-21-32(41-34(29)37)24-39-35(38)36(4,5)23-31-22-30-20-28(17-19-33(30)40-31)15-14-27-12-10-25(3)11-13-27;1-2/h10-13,17-20,22,26,32H,6-9,16,21,23-24H2,1-5H3;2H,1H3/b29-18+;. The van der Waals surface area contributed by atoms with Crippen molar-refractivity contribution in [3.63, 3.8) is 0 Å². The molecule has 0 saturated carbocycles. The minimum Gasteiger partial charge on any atom is -0.461 e. The second-order valence-corrected chi connectivity index (χ2v) is 11.9. The molecule has 1 fully saturated rings. The van der Waals surface area contributed by atoms with Crippen molar-refractivity contribution in [3.8, 4) is 11.8 Å². The molecule has 3 aromatic rings. The van der Waals surface area contributed by atoms with Gasteiger partial charge in [-0.05, 0) is 69.5 Å². The summed E-state index contributed by atoms with van der Waals surface area (Å²) in [6, 6.07) is 15.9. The summed E-state index contributed by atoms with van der Waals surface area (Å²) < 4.78 is 17.2. The highest BCUT2D eigenvalue weighted by molar-refractivity contribution is 5.90. The summed E-state index contributed by atoms with van der Waals surface area (Å²) in [5.74, 6) is 7.08. The van der Waals surface area contributed by atoms with Crippen molar-refractivity contribution in [1.29, 1.82) is 0 Å². The first-order valence-electron chi connectivity index (χ1n) is 15.3. The van der Waals surface area contributed by atoms with Crippen LogP contribution in [0.15, 0.2) is 64.6 Å². The maximum Gasteiger partial charge on any atom is 0.334 e. The normalized spacial score (nSPS) is 15.6. The lowest BCUT2D eigenvalue weighted by atomic mass is 9.88. The van der Waals surface area contributed by atoms with Crippen molar-refractivity contribution in [1.82, 2.24) is 0 Å². The third-order valence-electron chi connectivity index (χ3n) is 7.61. The van der Waals surface area contributed by atoms with Crippen LogP contribution in [-0.2, 0) is 25.5 Å². The molecule has 1 aliphatic rings. The van der Waals surface area contributed by atoms with E-state index in [0.717, 1.165) is 61.3 Å². The Balaban J connectivity index is 0.00000248.